The lowest BCUT2D eigenvalue weighted by atomic mass is 10.1. The molecule has 7 heteroatoms. The molecule has 2 N–H and O–H groups in total. The van der Waals surface area contributed by atoms with Crippen LogP contribution < -0.4 is 5.32 Å². The molecule has 0 aliphatic carbocycles. The number of nitrogens with one attached hydrogen (secondary N) is 1. The Morgan fingerprint density at radius 2 is 1.75 bits per heavy atom. The van der Waals surface area contributed by atoms with Gasteiger partial charge in [0.1, 0.15) is 0 Å². The third-order valence-electron chi connectivity index (χ3n) is 1.67. The van der Waals surface area contributed by atoms with Crippen molar-refractivity contribution in [3.8, 4) is 0 Å². The van der Waals surface area contributed by atoms with Crippen LogP contribution in [0.5, 0.6) is 0 Å². The molecule has 0 fully saturated rings. The van der Waals surface area contributed by atoms with Crippen molar-refractivity contribution in [1.82, 2.24) is 0 Å². The van der Waals surface area contributed by atoms with Crippen molar-refractivity contribution in [2.45, 2.75) is 6.18 Å². The average molecular weight is 233 g/mol. The highest BCUT2D eigenvalue weighted by molar-refractivity contribution is 6.36. The van der Waals surface area contributed by atoms with Gasteiger partial charge in [-0.1, -0.05) is 12.1 Å². The van der Waals surface area contributed by atoms with Gasteiger partial charge in [-0.05, 0) is 12.1 Å². The molecule has 0 aromatic heterocycles. The van der Waals surface area contributed by atoms with Gasteiger partial charge >= 0.3 is 18.1 Å². The highest BCUT2D eigenvalue weighted by Gasteiger charge is 2.33. The summed E-state index contributed by atoms with van der Waals surface area (Å²) in [6, 6.07) is 4.12. The molecule has 1 aromatic carbocycles. The zero-order valence-electron chi connectivity index (χ0n) is 7.71. The SMILES string of the molecule is O=C(O)C(=O)Nc1ccccc1C(F)(F)F. The van der Waals surface area contributed by atoms with Gasteiger partial charge in [-0.15, -0.1) is 0 Å². The van der Waals surface area contributed by atoms with E-state index in [1.54, 1.807) is 5.32 Å². The van der Waals surface area contributed by atoms with E-state index in [4.69, 9.17) is 5.11 Å². The Balaban J connectivity index is 3.05. The third-order valence-corrected chi connectivity index (χ3v) is 1.67. The predicted octanol–water partition coefficient (Wildman–Crippen LogP) is 1.73. The van der Waals surface area contributed by atoms with E-state index in [0.29, 0.717) is 0 Å². The maximum absolute atomic E-state index is 12.4. The van der Waals surface area contributed by atoms with Crippen LogP contribution in [0.3, 0.4) is 0 Å². The van der Waals surface area contributed by atoms with Crippen LogP contribution in [0.4, 0.5) is 18.9 Å². The molecule has 0 radical (unpaired) electrons. The van der Waals surface area contributed by atoms with Crippen molar-refractivity contribution in [1.29, 1.82) is 0 Å². The molecule has 16 heavy (non-hydrogen) atoms. The van der Waals surface area contributed by atoms with E-state index < -0.39 is 29.3 Å². The lowest BCUT2D eigenvalue weighted by Crippen LogP contribution is -2.23. The fourth-order valence-corrected chi connectivity index (χ4v) is 1.02. The van der Waals surface area contributed by atoms with Crippen molar-refractivity contribution in [3.05, 3.63) is 29.8 Å². The quantitative estimate of drug-likeness (QED) is 0.726. The number of halogens is 3. The van der Waals surface area contributed by atoms with Crippen LogP contribution >= 0.6 is 0 Å². The largest absolute Gasteiger partial charge is 0.474 e. The molecule has 0 saturated carbocycles. The minimum absolute atomic E-state index is 0.581. The lowest BCUT2D eigenvalue weighted by Gasteiger charge is -2.12. The number of carboxylic acid groups (broad SMARTS) is 1. The van der Waals surface area contributed by atoms with E-state index in [2.05, 4.69) is 0 Å². The van der Waals surface area contributed by atoms with Crippen molar-refractivity contribution >= 4 is 17.6 Å². The molecule has 0 unspecified atom stereocenters. The molecule has 0 aliphatic rings. The predicted molar refractivity (Wildman–Crippen MR) is 47.7 cm³/mol. The van der Waals surface area contributed by atoms with E-state index in [1.165, 1.54) is 6.07 Å². The topological polar surface area (TPSA) is 66.4 Å². The van der Waals surface area contributed by atoms with Gasteiger partial charge in [-0.25, -0.2) is 4.79 Å². The molecule has 86 valence electrons. The molecule has 4 nitrogen and oxygen atoms in total. The smallest absolute Gasteiger partial charge is 0.418 e. The van der Waals surface area contributed by atoms with Gasteiger partial charge in [0.25, 0.3) is 0 Å². The molecule has 1 rings (SSSR count). The second kappa shape index (κ2) is 4.21. The number of carboxylic acids is 1. The zero-order chi connectivity index (χ0) is 12.3. The van der Waals surface area contributed by atoms with Crippen LogP contribution in [0.1, 0.15) is 5.56 Å². The number of carbonyl (C=O) groups excluding carboxylic acids is 1. The normalized spacial score (nSPS) is 10.9. The number of amides is 1. The molecule has 0 heterocycles. The molecule has 0 spiro atoms. The minimum Gasteiger partial charge on any atom is -0.474 e. The summed E-state index contributed by atoms with van der Waals surface area (Å²) in [5.41, 5.74) is -1.67. The van der Waals surface area contributed by atoms with Gasteiger partial charge in [0.15, 0.2) is 0 Å². The van der Waals surface area contributed by atoms with E-state index in [-0.39, 0.29) is 0 Å². The molecular weight excluding hydrogens is 227 g/mol. The maximum atomic E-state index is 12.4. The van der Waals surface area contributed by atoms with E-state index >= 15 is 0 Å². The van der Waals surface area contributed by atoms with Gasteiger partial charge in [0.05, 0.1) is 11.3 Å². The number of anilines is 1. The summed E-state index contributed by atoms with van der Waals surface area (Å²) < 4.78 is 37.2. The zero-order valence-corrected chi connectivity index (χ0v) is 7.71. The molecule has 0 atom stereocenters. The first-order valence-electron chi connectivity index (χ1n) is 4.03. The van der Waals surface area contributed by atoms with E-state index in [9.17, 15) is 22.8 Å². The number of para-hydroxylation sites is 1. The van der Waals surface area contributed by atoms with Crippen molar-refractivity contribution in [2.24, 2.45) is 0 Å². The molecule has 1 aromatic rings. The number of benzene rings is 1. The van der Waals surface area contributed by atoms with Crippen molar-refractivity contribution in [2.75, 3.05) is 5.32 Å². The van der Waals surface area contributed by atoms with Crippen molar-refractivity contribution in [3.63, 3.8) is 0 Å². The summed E-state index contributed by atoms with van der Waals surface area (Å²) in [5.74, 6) is -3.37. The Kier molecular flexibility index (Phi) is 3.17. The molecule has 0 saturated heterocycles. The van der Waals surface area contributed by atoms with Gasteiger partial charge in [-0.3, -0.25) is 4.79 Å². The highest BCUT2D eigenvalue weighted by Crippen LogP contribution is 2.34. The summed E-state index contributed by atoms with van der Waals surface area (Å²) in [6.45, 7) is 0. The minimum atomic E-state index is -4.65. The molecular formula is C9H6F3NO3. The molecule has 1 amide bonds. The van der Waals surface area contributed by atoms with Gasteiger partial charge in [-0.2, -0.15) is 13.2 Å². The average Bonchev–Trinajstić information content (AvgIpc) is 2.16. The maximum Gasteiger partial charge on any atom is 0.418 e. The summed E-state index contributed by atoms with van der Waals surface area (Å²) in [7, 11) is 0. The first-order valence-corrected chi connectivity index (χ1v) is 4.03. The van der Waals surface area contributed by atoms with E-state index in [1.807, 2.05) is 0 Å². The first-order chi connectivity index (χ1) is 7.32. The van der Waals surface area contributed by atoms with Crippen LogP contribution in [0.2, 0.25) is 0 Å². The molecule has 0 bridgehead atoms. The monoisotopic (exact) mass is 233 g/mol. The first kappa shape index (κ1) is 12.0. The van der Waals surface area contributed by atoms with Crippen LogP contribution in [0, 0.1) is 0 Å². The highest BCUT2D eigenvalue weighted by atomic mass is 19.4. The van der Waals surface area contributed by atoms with E-state index in [0.717, 1.165) is 18.2 Å². The second-order valence-corrected chi connectivity index (χ2v) is 2.80. The number of hydrogen-bond donors (Lipinski definition) is 2. The number of hydrogen-bond acceptors (Lipinski definition) is 2. The number of aliphatic carboxylic acids is 1. The van der Waals surface area contributed by atoms with Crippen LogP contribution in [-0.2, 0) is 15.8 Å². The second-order valence-electron chi connectivity index (χ2n) is 2.80. The van der Waals surface area contributed by atoms with Crippen molar-refractivity contribution < 1.29 is 27.9 Å². The summed E-state index contributed by atoms with van der Waals surface area (Å²) in [5, 5.41) is 9.90. The fourth-order valence-electron chi connectivity index (χ4n) is 1.02. The Morgan fingerprint density at radius 1 is 1.19 bits per heavy atom. The number of rotatable bonds is 1. The Hall–Kier alpha value is -2.05. The summed E-state index contributed by atoms with van der Waals surface area (Å²) >= 11 is 0. The molecule has 0 aliphatic heterocycles. The summed E-state index contributed by atoms with van der Waals surface area (Å²) in [4.78, 5) is 20.9. The Morgan fingerprint density at radius 3 is 2.25 bits per heavy atom. The summed E-state index contributed by atoms with van der Waals surface area (Å²) in [6.07, 6.45) is -4.65. The van der Waals surface area contributed by atoms with Crippen LogP contribution in [0.25, 0.3) is 0 Å². The Labute approximate surface area is 87.7 Å². The standard InChI is InChI=1S/C9H6F3NO3/c10-9(11,12)5-3-1-2-4-6(5)13-7(14)8(15)16/h1-4H,(H,13,14)(H,15,16). The van der Waals surface area contributed by atoms with Crippen LogP contribution in [-0.4, -0.2) is 17.0 Å². The van der Waals surface area contributed by atoms with Gasteiger partial charge in [0.2, 0.25) is 0 Å². The van der Waals surface area contributed by atoms with Gasteiger partial charge < -0.3 is 10.4 Å². The third kappa shape index (κ3) is 2.72. The van der Waals surface area contributed by atoms with Gasteiger partial charge in [0, 0.05) is 0 Å². The fraction of sp³-hybridized carbons (Fsp3) is 0.111. The number of carbonyl (C=O) groups is 2. The van der Waals surface area contributed by atoms with Crippen LogP contribution in [0.15, 0.2) is 24.3 Å². The lowest BCUT2D eigenvalue weighted by molar-refractivity contribution is -0.147. The Bertz CT molecular complexity index is 428. The number of alkyl halides is 3.